The average Bonchev–Trinajstić information content (AvgIpc) is 2.91. The molecule has 0 N–H and O–H groups in total. The molecule has 3 rings (SSSR count). The summed E-state index contributed by atoms with van der Waals surface area (Å²) in [4.78, 5) is 29.7. The van der Waals surface area contributed by atoms with E-state index in [1.807, 2.05) is 0 Å². The maximum absolute atomic E-state index is 13.4. The first-order valence-electron chi connectivity index (χ1n) is 10.1. The molecule has 0 radical (unpaired) electrons. The second kappa shape index (κ2) is 8.68. The quantitative estimate of drug-likeness (QED) is 0.532. The monoisotopic (exact) mass is 372 g/mol. The van der Waals surface area contributed by atoms with Gasteiger partial charge in [-0.05, 0) is 42.9 Å². The van der Waals surface area contributed by atoms with Crippen molar-refractivity contribution in [3.63, 3.8) is 0 Å². The number of imide groups is 1. The minimum absolute atomic E-state index is 0.189. The van der Waals surface area contributed by atoms with E-state index >= 15 is 0 Å². The van der Waals surface area contributed by atoms with Crippen LogP contribution in [0.5, 0.6) is 0 Å². The fraction of sp³-hybridized carbons (Fsp3) is 0.545. The Morgan fingerprint density at radius 1 is 1.00 bits per heavy atom. The van der Waals surface area contributed by atoms with Gasteiger partial charge in [0.1, 0.15) is 11.5 Å². The Balaban J connectivity index is 1.89. The molecule has 2 heterocycles. The second-order valence-electron chi connectivity index (χ2n) is 7.72. The molecule has 1 aromatic carbocycles. The van der Waals surface area contributed by atoms with E-state index in [2.05, 4.69) is 18.7 Å². The molecule has 1 fully saturated rings. The van der Waals surface area contributed by atoms with Gasteiger partial charge in [0.05, 0.1) is 5.57 Å². The summed E-state index contributed by atoms with van der Waals surface area (Å²) in [7, 11) is 0. The Hall–Kier alpha value is -2.17. The first-order chi connectivity index (χ1) is 13.0. The molecule has 2 aliphatic rings. The number of likely N-dealkylation sites (tertiary alicyclic amines) is 1. The van der Waals surface area contributed by atoms with Crippen LogP contribution in [-0.2, 0) is 9.59 Å². The fourth-order valence-electron chi connectivity index (χ4n) is 3.87. The van der Waals surface area contributed by atoms with Crippen LogP contribution in [-0.4, -0.2) is 41.2 Å². The molecule has 0 bridgehead atoms. The standard InChI is InChI=1S/C22H29FN2O2/c1-3-4-5-6-13-25-21(26)19(17-7-9-18(23)10-8-17)20(22(25)27)24-14-11-16(2)12-15-24/h7-10,16H,3-6,11-15H2,1-2H3. The molecule has 4 nitrogen and oxygen atoms in total. The summed E-state index contributed by atoms with van der Waals surface area (Å²) in [5.41, 5.74) is 1.57. The maximum atomic E-state index is 13.4. The van der Waals surface area contributed by atoms with E-state index in [0.29, 0.717) is 29.3 Å². The van der Waals surface area contributed by atoms with Crippen molar-refractivity contribution in [1.82, 2.24) is 9.80 Å². The number of carbonyl (C=O) groups is 2. The van der Waals surface area contributed by atoms with Crippen molar-refractivity contribution < 1.29 is 14.0 Å². The van der Waals surface area contributed by atoms with Crippen LogP contribution >= 0.6 is 0 Å². The highest BCUT2D eigenvalue weighted by atomic mass is 19.1. The molecular weight excluding hydrogens is 343 g/mol. The fourth-order valence-corrected chi connectivity index (χ4v) is 3.87. The number of nitrogens with zero attached hydrogens (tertiary/aromatic N) is 2. The van der Waals surface area contributed by atoms with Gasteiger partial charge in [-0.3, -0.25) is 14.5 Å². The number of benzene rings is 1. The molecule has 0 aromatic heterocycles. The summed E-state index contributed by atoms with van der Waals surface area (Å²) in [5.74, 6) is -0.142. The summed E-state index contributed by atoms with van der Waals surface area (Å²) in [5, 5.41) is 0. The Kier molecular flexibility index (Phi) is 6.30. The topological polar surface area (TPSA) is 40.6 Å². The van der Waals surface area contributed by atoms with Crippen LogP contribution in [0.25, 0.3) is 5.57 Å². The van der Waals surface area contributed by atoms with Gasteiger partial charge in [0, 0.05) is 19.6 Å². The molecule has 2 aliphatic heterocycles. The Morgan fingerprint density at radius 3 is 2.30 bits per heavy atom. The van der Waals surface area contributed by atoms with E-state index in [9.17, 15) is 14.0 Å². The number of unbranched alkanes of at least 4 members (excludes halogenated alkanes) is 3. The molecule has 1 saturated heterocycles. The number of halogens is 1. The van der Waals surface area contributed by atoms with Gasteiger partial charge in [-0.1, -0.05) is 45.2 Å². The zero-order chi connectivity index (χ0) is 19.4. The summed E-state index contributed by atoms with van der Waals surface area (Å²) >= 11 is 0. The molecule has 0 saturated carbocycles. The molecule has 2 amide bonds. The molecule has 146 valence electrons. The van der Waals surface area contributed by atoms with Crippen molar-refractivity contribution in [2.45, 2.75) is 52.4 Å². The van der Waals surface area contributed by atoms with Crippen molar-refractivity contribution in [3.05, 3.63) is 41.3 Å². The normalized spacial score (nSPS) is 18.8. The number of piperidine rings is 1. The first-order valence-corrected chi connectivity index (χ1v) is 10.1. The molecule has 0 atom stereocenters. The lowest BCUT2D eigenvalue weighted by atomic mass is 9.97. The lowest BCUT2D eigenvalue weighted by molar-refractivity contribution is -0.137. The van der Waals surface area contributed by atoms with Crippen LogP contribution in [0.3, 0.4) is 0 Å². The van der Waals surface area contributed by atoms with E-state index in [-0.39, 0.29) is 17.6 Å². The number of amides is 2. The Morgan fingerprint density at radius 2 is 1.67 bits per heavy atom. The highest BCUT2D eigenvalue weighted by Gasteiger charge is 2.41. The van der Waals surface area contributed by atoms with E-state index in [1.54, 1.807) is 12.1 Å². The summed E-state index contributed by atoms with van der Waals surface area (Å²) in [6.45, 7) is 6.37. The smallest absolute Gasteiger partial charge is 0.277 e. The van der Waals surface area contributed by atoms with E-state index in [0.717, 1.165) is 51.6 Å². The third-order valence-corrected chi connectivity index (χ3v) is 5.61. The van der Waals surface area contributed by atoms with Crippen molar-refractivity contribution >= 4 is 17.4 Å². The van der Waals surface area contributed by atoms with Crippen LogP contribution < -0.4 is 0 Å². The third kappa shape index (κ3) is 4.23. The molecule has 5 heteroatoms. The number of hydrogen-bond donors (Lipinski definition) is 0. The van der Waals surface area contributed by atoms with Crippen molar-refractivity contribution in [2.24, 2.45) is 5.92 Å². The van der Waals surface area contributed by atoms with E-state index in [1.165, 1.54) is 17.0 Å². The Labute approximate surface area is 161 Å². The van der Waals surface area contributed by atoms with Crippen LogP contribution in [0.2, 0.25) is 0 Å². The lowest BCUT2D eigenvalue weighted by Gasteiger charge is -2.32. The first kappa shape index (κ1) is 19.6. The van der Waals surface area contributed by atoms with Crippen molar-refractivity contribution in [1.29, 1.82) is 0 Å². The van der Waals surface area contributed by atoms with E-state index in [4.69, 9.17) is 0 Å². The highest BCUT2D eigenvalue weighted by molar-refractivity contribution is 6.35. The Bertz CT molecular complexity index is 718. The number of hydrogen-bond acceptors (Lipinski definition) is 3. The summed E-state index contributed by atoms with van der Waals surface area (Å²) in [6, 6.07) is 5.89. The third-order valence-electron chi connectivity index (χ3n) is 5.61. The SMILES string of the molecule is CCCCCCN1C(=O)C(c2ccc(F)cc2)=C(N2CCC(C)CC2)C1=O. The van der Waals surface area contributed by atoms with Gasteiger partial charge in [-0.25, -0.2) is 4.39 Å². The van der Waals surface area contributed by atoms with Crippen LogP contribution in [0, 0.1) is 11.7 Å². The highest BCUT2D eigenvalue weighted by Crippen LogP contribution is 2.34. The second-order valence-corrected chi connectivity index (χ2v) is 7.72. The van der Waals surface area contributed by atoms with Gasteiger partial charge in [0.2, 0.25) is 0 Å². The van der Waals surface area contributed by atoms with Gasteiger partial charge in [-0.15, -0.1) is 0 Å². The van der Waals surface area contributed by atoms with Crippen LogP contribution in [0.4, 0.5) is 4.39 Å². The zero-order valence-corrected chi connectivity index (χ0v) is 16.3. The lowest BCUT2D eigenvalue weighted by Crippen LogP contribution is -2.38. The number of rotatable bonds is 7. The molecule has 27 heavy (non-hydrogen) atoms. The van der Waals surface area contributed by atoms with Crippen molar-refractivity contribution in [2.75, 3.05) is 19.6 Å². The van der Waals surface area contributed by atoms with Gasteiger partial charge >= 0.3 is 0 Å². The molecular formula is C22H29FN2O2. The van der Waals surface area contributed by atoms with Crippen LogP contribution in [0.15, 0.2) is 30.0 Å². The van der Waals surface area contributed by atoms with Crippen LogP contribution in [0.1, 0.15) is 57.9 Å². The molecule has 0 spiro atoms. The van der Waals surface area contributed by atoms with Gasteiger partial charge in [0.25, 0.3) is 11.8 Å². The van der Waals surface area contributed by atoms with E-state index < -0.39 is 0 Å². The largest absolute Gasteiger partial charge is 0.366 e. The predicted molar refractivity (Wildman–Crippen MR) is 104 cm³/mol. The molecule has 1 aromatic rings. The maximum Gasteiger partial charge on any atom is 0.277 e. The number of carbonyl (C=O) groups excluding carboxylic acids is 2. The molecule has 0 aliphatic carbocycles. The van der Waals surface area contributed by atoms with Gasteiger partial charge in [-0.2, -0.15) is 0 Å². The van der Waals surface area contributed by atoms with Gasteiger partial charge in [0.15, 0.2) is 0 Å². The van der Waals surface area contributed by atoms with Crippen molar-refractivity contribution in [3.8, 4) is 0 Å². The minimum Gasteiger partial charge on any atom is -0.366 e. The summed E-state index contributed by atoms with van der Waals surface area (Å²) < 4.78 is 13.4. The average molecular weight is 372 g/mol. The predicted octanol–water partition coefficient (Wildman–Crippen LogP) is 4.22. The zero-order valence-electron chi connectivity index (χ0n) is 16.3. The van der Waals surface area contributed by atoms with Gasteiger partial charge < -0.3 is 4.90 Å². The minimum atomic E-state index is -0.346. The summed E-state index contributed by atoms with van der Waals surface area (Å²) in [6.07, 6.45) is 6.07. The molecule has 0 unspecified atom stereocenters.